The highest BCUT2D eigenvalue weighted by molar-refractivity contribution is 7.20. The molecule has 4 heterocycles. The maximum Gasteiger partial charge on any atom is 0.262 e. The Morgan fingerprint density at radius 2 is 2.35 bits per heavy atom. The zero-order valence-electron chi connectivity index (χ0n) is 14.4. The number of amides is 1. The van der Waals surface area contributed by atoms with Gasteiger partial charge in [-0.2, -0.15) is 0 Å². The molecule has 1 atom stereocenters. The van der Waals surface area contributed by atoms with Gasteiger partial charge in [-0.05, 0) is 37.5 Å². The highest BCUT2D eigenvalue weighted by Gasteiger charge is 2.21. The van der Waals surface area contributed by atoms with Gasteiger partial charge in [-0.15, -0.1) is 11.3 Å². The molecule has 0 spiro atoms. The van der Waals surface area contributed by atoms with Gasteiger partial charge in [0.15, 0.2) is 0 Å². The summed E-state index contributed by atoms with van der Waals surface area (Å²) in [5.74, 6) is 1.34. The lowest BCUT2D eigenvalue weighted by Gasteiger charge is -2.12. The van der Waals surface area contributed by atoms with Gasteiger partial charge in [0.05, 0.1) is 29.2 Å². The molecule has 3 aromatic rings. The van der Waals surface area contributed by atoms with E-state index in [0.717, 1.165) is 46.8 Å². The fourth-order valence-corrected chi connectivity index (χ4v) is 4.16. The van der Waals surface area contributed by atoms with Gasteiger partial charge < -0.3 is 19.8 Å². The Morgan fingerprint density at radius 3 is 3.12 bits per heavy atom. The van der Waals surface area contributed by atoms with E-state index in [1.807, 2.05) is 13.0 Å². The average molecular weight is 372 g/mol. The summed E-state index contributed by atoms with van der Waals surface area (Å²) in [5.41, 5.74) is 0.886. The third-order valence-electron chi connectivity index (χ3n) is 4.46. The Morgan fingerprint density at radius 1 is 1.42 bits per heavy atom. The van der Waals surface area contributed by atoms with Gasteiger partial charge in [-0.25, -0.2) is 9.97 Å². The van der Waals surface area contributed by atoms with Gasteiger partial charge in [-0.1, -0.05) is 0 Å². The van der Waals surface area contributed by atoms with Gasteiger partial charge >= 0.3 is 0 Å². The molecule has 8 heteroatoms. The monoisotopic (exact) mass is 372 g/mol. The van der Waals surface area contributed by atoms with Crippen molar-refractivity contribution in [1.82, 2.24) is 15.3 Å². The number of aromatic nitrogens is 2. The summed E-state index contributed by atoms with van der Waals surface area (Å²) in [5, 5.41) is 7.15. The van der Waals surface area contributed by atoms with E-state index < -0.39 is 0 Å². The molecule has 0 bridgehead atoms. The second kappa shape index (κ2) is 7.43. The molecule has 0 saturated carbocycles. The SMILES string of the molecule is Cc1c(C(=O)NCc2ccco2)sc2ncnc(NCC3CCCO3)c12. The number of ether oxygens (including phenoxy) is 1. The molecule has 0 aromatic carbocycles. The molecule has 1 fully saturated rings. The normalized spacial score (nSPS) is 16.9. The lowest BCUT2D eigenvalue weighted by atomic mass is 10.2. The molecule has 1 unspecified atom stereocenters. The molecule has 7 nitrogen and oxygen atoms in total. The molecule has 4 rings (SSSR count). The fraction of sp³-hybridized carbons (Fsp3) is 0.389. The first-order chi connectivity index (χ1) is 12.7. The van der Waals surface area contributed by atoms with Crippen molar-refractivity contribution in [3.63, 3.8) is 0 Å². The Balaban J connectivity index is 1.53. The highest BCUT2D eigenvalue weighted by atomic mass is 32.1. The summed E-state index contributed by atoms with van der Waals surface area (Å²) in [6.07, 6.45) is 5.50. The van der Waals surface area contributed by atoms with Crippen LogP contribution < -0.4 is 10.6 Å². The van der Waals surface area contributed by atoms with E-state index in [2.05, 4.69) is 20.6 Å². The van der Waals surface area contributed by atoms with Crippen molar-refractivity contribution in [2.75, 3.05) is 18.5 Å². The Labute approximate surface area is 154 Å². The molecule has 2 N–H and O–H groups in total. The van der Waals surface area contributed by atoms with Crippen molar-refractivity contribution in [3.8, 4) is 0 Å². The van der Waals surface area contributed by atoms with Crippen LogP contribution >= 0.6 is 11.3 Å². The number of aryl methyl sites for hydroxylation is 1. The van der Waals surface area contributed by atoms with E-state index in [4.69, 9.17) is 9.15 Å². The third kappa shape index (κ3) is 3.42. The van der Waals surface area contributed by atoms with Crippen molar-refractivity contribution in [1.29, 1.82) is 0 Å². The number of thiophene rings is 1. The van der Waals surface area contributed by atoms with Gasteiger partial charge in [0.25, 0.3) is 5.91 Å². The number of nitrogens with zero attached hydrogens (tertiary/aromatic N) is 2. The second-order valence-electron chi connectivity index (χ2n) is 6.24. The van der Waals surface area contributed by atoms with E-state index in [1.54, 1.807) is 12.3 Å². The number of anilines is 1. The standard InChI is InChI=1S/C18H20N4O3S/c1-11-14-16(19-8-12-4-2-6-24-12)21-10-22-18(14)26-15(11)17(23)20-9-13-5-3-7-25-13/h3,5,7,10,12H,2,4,6,8-9H2,1H3,(H,20,23)(H,19,21,22). The zero-order valence-corrected chi connectivity index (χ0v) is 15.3. The van der Waals surface area contributed by atoms with E-state index in [0.29, 0.717) is 18.0 Å². The molecule has 1 saturated heterocycles. The third-order valence-corrected chi connectivity index (χ3v) is 5.66. The fourth-order valence-electron chi connectivity index (χ4n) is 3.10. The molecule has 1 aliphatic rings. The van der Waals surface area contributed by atoms with Gasteiger partial charge in [0.2, 0.25) is 0 Å². The largest absolute Gasteiger partial charge is 0.467 e. The average Bonchev–Trinajstić information content (AvgIpc) is 3.40. The zero-order chi connectivity index (χ0) is 17.9. The predicted octanol–water partition coefficient (Wildman–Crippen LogP) is 3.11. The van der Waals surface area contributed by atoms with Crippen LogP contribution in [-0.2, 0) is 11.3 Å². The van der Waals surface area contributed by atoms with E-state index in [9.17, 15) is 4.79 Å². The molecule has 0 radical (unpaired) electrons. The lowest BCUT2D eigenvalue weighted by molar-refractivity contribution is 0.0951. The molecular weight excluding hydrogens is 352 g/mol. The van der Waals surface area contributed by atoms with Gasteiger partial charge in [0, 0.05) is 13.2 Å². The number of carbonyl (C=O) groups excluding carboxylic acids is 1. The first-order valence-electron chi connectivity index (χ1n) is 8.62. The minimum atomic E-state index is -0.132. The number of furan rings is 1. The first kappa shape index (κ1) is 17.0. The van der Waals surface area contributed by atoms with E-state index in [1.165, 1.54) is 17.7 Å². The lowest BCUT2D eigenvalue weighted by Crippen LogP contribution is -2.22. The molecule has 1 amide bonds. The van der Waals surface area contributed by atoms with Crippen molar-refractivity contribution in [2.45, 2.75) is 32.4 Å². The summed E-state index contributed by atoms with van der Waals surface area (Å²) in [4.78, 5) is 22.7. The van der Waals surface area contributed by atoms with Crippen molar-refractivity contribution < 1.29 is 13.9 Å². The van der Waals surface area contributed by atoms with Gasteiger partial charge in [0.1, 0.15) is 22.7 Å². The Bertz CT molecular complexity index is 901. The molecule has 0 aliphatic carbocycles. The number of nitrogens with one attached hydrogen (secondary N) is 2. The van der Waals surface area contributed by atoms with Crippen molar-refractivity contribution >= 4 is 33.3 Å². The second-order valence-corrected chi connectivity index (χ2v) is 7.24. The first-order valence-corrected chi connectivity index (χ1v) is 9.44. The van der Waals surface area contributed by atoms with Crippen LogP contribution in [0.2, 0.25) is 0 Å². The van der Waals surface area contributed by atoms with Crippen LogP contribution in [0.25, 0.3) is 10.2 Å². The maximum absolute atomic E-state index is 12.6. The topological polar surface area (TPSA) is 89.3 Å². The van der Waals surface area contributed by atoms with Crippen molar-refractivity contribution in [3.05, 3.63) is 40.9 Å². The molecule has 3 aromatic heterocycles. The quantitative estimate of drug-likeness (QED) is 0.691. The maximum atomic E-state index is 12.6. The number of hydrogen-bond acceptors (Lipinski definition) is 7. The smallest absolute Gasteiger partial charge is 0.262 e. The number of carbonyl (C=O) groups is 1. The van der Waals surface area contributed by atoms with Gasteiger partial charge in [-0.3, -0.25) is 4.79 Å². The Kier molecular flexibility index (Phi) is 4.85. The van der Waals surface area contributed by atoms with E-state index >= 15 is 0 Å². The molecule has 26 heavy (non-hydrogen) atoms. The minimum absolute atomic E-state index is 0.132. The van der Waals surface area contributed by atoms with Crippen LogP contribution in [0.1, 0.15) is 33.8 Å². The van der Waals surface area contributed by atoms with E-state index in [-0.39, 0.29) is 12.0 Å². The predicted molar refractivity (Wildman–Crippen MR) is 99.5 cm³/mol. The summed E-state index contributed by atoms with van der Waals surface area (Å²) < 4.78 is 10.9. The molecule has 136 valence electrons. The Hall–Kier alpha value is -2.45. The number of hydrogen-bond donors (Lipinski definition) is 2. The van der Waals surface area contributed by atoms with Crippen molar-refractivity contribution in [2.24, 2.45) is 0 Å². The highest BCUT2D eigenvalue weighted by Crippen LogP contribution is 2.33. The van der Waals surface area contributed by atoms with Crippen LogP contribution in [0.5, 0.6) is 0 Å². The number of fused-ring (bicyclic) bond motifs is 1. The summed E-state index contributed by atoms with van der Waals surface area (Å²) in [6.45, 7) is 3.82. The van der Waals surface area contributed by atoms with Crippen LogP contribution in [0.15, 0.2) is 29.1 Å². The van der Waals surface area contributed by atoms with Crippen LogP contribution in [0, 0.1) is 6.92 Å². The summed E-state index contributed by atoms with van der Waals surface area (Å²) in [6, 6.07) is 3.63. The molecular formula is C18H20N4O3S. The number of rotatable bonds is 6. The van der Waals surface area contributed by atoms with Crippen LogP contribution in [-0.4, -0.2) is 35.1 Å². The minimum Gasteiger partial charge on any atom is -0.467 e. The summed E-state index contributed by atoms with van der Waals surface area (Å²) in [7, 11) is 0. The van der Waals surface area contributed by atoms with Crippen LogP contribution in [0.4, 0.5) is 5.82 Å². The molecule has 1 aliphatic heterocycles. The van der Waals surface area contributed by atoms with Crippen LogP contribution in [0.3, 0.4) is 0 Å². The summed E-state index contributed by atoms with van der Waals surface area (Å²) >= 11 is 1.38.